The fourth-order valence-corrected chi connectivity index (χ4v) is 2.74. The summed E-state index contributed by atoms with van der Waals surface area (Å²) in [6.07, 6.45) is 1.01. The van der Waals surface area contributed by atoms with Crippen molar-refractivity contribution in [2.24, 2.45) is 0 Å². The van der Waals surface area contributed by atoms with Crippen LogP contribution >= 0.6 is 0 Å². The smallest absolute Gasteiger partial charge is 0.124 e. The largest absolute Gasteiger partial charge is 0.385 e. The predicted molar refractivity (Wildman–Crippen MR) is 93.5 cm³/mol. The lowest BCUT2D eigenvalue weighted by molar-refractivity contribution is 0.194. The number of hydrogen-bond donors (Lipinski definition) is 1. The Morgan fingerprint density at radius 3 is 2.65 bits per heavy atom. The lowest BCUT2D eigenvalue weighted by Crippen LogP contribution is -2.19. The van der Waals surface area contributed by atoms with Gasteiger partial charge in [-0.05, 0) is 30.7 Å². The van der Waals surface area contributed by atoms with Crippen molar-refractivity contribution in [3.8, 4) is 0 Å². The van der Waals surface area contributed by atoms with Gasteiger partial charge in [0.2, 0.25) is 0 Å². The minimum Gasteiger partial charge on any atom is -0.385 e. The highest BCUT2D eigenvalue weighted by atomic mass is 16.5. The van der Waals surface area contributed by atoms with Crippen LogP contribution in [0.4, 0.5) is 0 Å². The molecular formula is C19H23N3O. The maximum absolute atomic E-state index is 5.08. The van der Waals surface area contributed by atoms with E-state index in [1.54, 1.807) is 7.11 Å². The average molecular weight is 309 g/mol. The van der Waals surface area contributed by atoms with Crippen LogP contribution in [0.2, 0.25) is 0 Å². The second-order valence-corrected chi connectivity index (χ2v) is 5.61. The summed E-state index contributed by atoms with van der Waals surface area (Å²) in [5, 5.41) is 3.46. The fourth-order valence-electron chi connectivity index (χ4n) is 2.74. The zero-order valence-corrected chi connectivity index (χ0v) is 13.5. The van der Waals surface area contributed by atoms with Crippen LogP contribution in [-0.4, -0.2) is 29.8 Å². The predicted octanol–water partition coefficient (Wildman–Crippen LogP) is 3.21. The number of methoxy groups -OCH3 is 1. The third-order valence-corrected chi connectivity index (χ3v) is 3.90. The van der Waals surface area contributed by atoms with Crippen molar-refractivity contribution in [1.82, 2.24) is 14.9 Å². The van der Waals surface area contributed by atoms with E-state index in [2.05, 4.69) is 52.3 Å². The summed E-state index contributed by atoms with van der Waals surface area (Å²) in [6, 6.07) is 18.8. The first kappa shape index (κ1) is 15.7. The Bertz CT molecular complexity index is 737. The van der Waals surface area contributed by atoms with Gasteiger partial charge in [0.1, 0.15) is 5.82 Å². The Hall–Kier alpha value is -2.17. The highest BCUT2D eigenvalue weighted by Gasteiger charge is 2.10. The first-order chi connectivity index (χ1) is 11.4. The van der Waals surface area contributed by atoms with Gasteiger partial charge in [-0.1, -0.05) is 42.5 Å². The zero-order valence-electron chi connectivity index (χ0n) is 13.5. The van der Waals surface area contributed by atoms with Crippen molar-refractivity contribution in [3.63, 3.8) is 0 Å². The molecule has 23 heavy (non-hydrogen) atoms. The van der Waals surface area contributed by atoms with E-state index >= 15 is 0 Å². The van der Waals surface area contributed by atoms with Gasteiger partial charge in [0.25, 0.3) is 0 Å². The van der Waals surface area contributed by atoms with Crippen LogP contribution in [-0.2, 0) is 17.8 Å². The average Bonchev–Trinajstić information content (AvgIpc) is 2.93. The summed E-state index contributed by atoms with van der Waals surface area (Å²) in [6.45, 7) is 3.33. The number of ether oxygens (including phenoxy) is 1. The number of fused-ring (bicyclic) bond motifs is 1. The molecule has 0 saturated heterocycles. The second-order valence-electron chi connectivity index (χ2n) is 5.61. The van der Waals surface area contributed by atoms with Gasteiger partial charge in [0.15, 0.2) is 0 Å². The van der Waals surface area contributed by atoms with Crippen molar-refractivity contribution >= 4 is 11.0 Å². The Morgan fingerprint density at radius 2 is 1.83 bits per heavy atom. The third kappa shape index (κ3) is 3.97. The van der Waals surface area contributed by atoms with E-state index in [1.807, 2.05) is 12.1 Å². The lowest BCUT2D eigenvalue weighted by Gasteiger charge is -2.10. The van der Waals surface area contributed by atoms with E-state index in [4.69, 9.17) is 9.72 Å². The van der Waals surface area contributed by atoms with Crippen LogP contribution in [0.15, 0.2) is 54.6 Å². The van der Waals surface area contributed by atoms with Crippen LogP contribution in [0, 0.1) is 0 Å². The molecule has 120 valence electrons. The summed E-state index contributed by atoms with van der Waals surface area (Å²) in [5.41, 5.74) is 3.53. The van der Waals surface area contributed by atoms with Gasteiger partial charge in [-0.15, -0.1) is 0 Å². The van der Waals surface area contributed by atoms with E-state index in [0.717, 1.165) is 44.0 Å². The minimum atomic E-state index is 0.769. The Kier molecular flexibility index (Phi) is 5.40. The van der Waals surface area contributed by atoms with Gasteiger partial charge in [-0.2, -0.15) is 0 Å². The highest BCUT2D eigenvalue weighted by molar-refractivity contribution is 5.76. The van der Waals surface area contributed by atoms with E-state index in [9.17, 15) is 0 Å². The van der Waals surface area contributed by atoms with Crippen LogP contribution in [0.3, 0.4) is 0 Å². The first-order valence-corrected chi connectivity index (χ1v) is 8.06. The number of nitrogens with zero attached hydrogens (tertiary/aromatic N) is 2. The molecule has 0 saturated carbocycles. The van der Waals surface area contributed by atoms with Crippen molar-refractivity contribution in [2.45, 2.75) is 19.5 Å². The number of imidazole rings is 1. The van der Waals surface area contributed by atoms with Gasteiger partial charge in [0, 0.05) is 20.3 Å². The van der Waals surface area contributed by atoms with Crippen molar-refractivity contribution in [1.29, 1.82) is 0 Å². The number of aromatic nitrogens is 2. The van der Waals surface area contributed by atoms with Crippen molar-refractivity contribution in [3.05, 3.63) is 66.0 Å². The fraction of sp³-hybridized carbons (Fsp3) is 0.316. The van der Waals surface area contributed by atoms with Crippen LogP contribution in [0.5, 0.6) is 0 Å². The highest BCUT2D eigenvalue weighted by Crippen LogP contribution is 2.18. The van der Waals surface area contributed by atoms with E-state index in [-0.39, 0.29) is 0 Å². The molecule has 1 N–H and O–H groups in total. The maximum Gasteiger partial charge on any atom is 0.124 e. The van der Waals surface area contributed by atoms with Crippen molar-refractivity contribution in [2.75, 3.05) is 20.3 Å². The monoisotopic (exact) mass is 309 g/mol. The standard InChI is InChI=1S/C19H23N3O/c1-23-13-7-12-20-14-19-21-17-10-5-6-11-18(17)22(19)15-16-8-3-2-4-9-16/h2-6,8-11,20H,7,12-15H2,1H3. The van der Waals surface area contributed by atoms with Crippen LogP contribution in [0.25, 0.3) is 11.0 Å². The molecule has 0 aliphatic carbocycles. The van der Waals surface area contributed by atoms with Crippen molar-refractivity contribution < 1.29 is 4.74 Å². The number of hydrogen-bond acceptors (Lipinski definition) is 3. The summed E-state index contributed by atoms with van der Waals surface area (Å²) in [7, 11) is 1.74. The summed E-state index contributed by atoms with van der Waals surface area (Å²) >= 11 is 0. The molecule has 3 rings (SSSR count). The molecule has 3 aromatic rings. The molecular weight excluding hydrogens is 286 g/mol. The molecule has 0 unspecified atom stereocenters. The Balaban J connectivity index is 1.80. The molecule has 0 aliphatic rings. The molecule has 0 fully saturated rings. The quantitative estimate of drug-likeness (QED) is 0.649. The summed E-state index contributed by atoms with van der Waals surface area (Å²) in [5.74, 6) is 1.08. The Morgan fingerprint density at radius 1 is 1.04 bits per heavy atom. The molecule has 0 bridgehead atoms. The molecule has 2 aromatic carbocycles. The maximum atomic E-state index is 5.08. The molecule has 0 atom stereocenters. The molecule has 1 aromatic heterocycles. The zero-order chi connectivity index (χ0) is 15.9. The molecule has 4 heteroatoms. The molecule has 0 spiro atoms. The first-order valence-electron chi connectivity index (χ1n) is 8.06. The summed E-state index contributed by atoms with van der Waals surface area (Å²) in [4.78, 5) is 4.80. The number of para-hydroxylation sites is 2. The van der Waals surface area contributed by atoms with Gasteiger partial charge in [0.05, 0.1) is 17.6 Å². The van der Waals surface area contributed by atoms with Gasteiger partial charge in [-0.3, -0.25) is 0 Å². The van der Waals surface area contributed by atoms with E-state index in [0.29, 0.717) is 0 Å². The molecule has 1 heterocycles. The molecule has 0 aliphatic heterocycles. The Labute approximate surface area is 137 Å². The summed E-state index contributed by atoms with van der Waals surface area (Å²) < 4.78 is 7.38. The van der Waals surface area contributed by atoms with Gasteiger partial charge >= 0.3 is 0 Å². The topological polar surface area (TPSA) is 39.1 Å². The van der Waals surface area contributed by atoms with Gasteiger partial charge < -0.3 is 14.6 Å². The van der Waals surface area contributed by atoms with Crippen LogP contribution in [0.1, 0.15) is 17.8 Å². The second kappa shape index (κ2) is 7.90. The van der Waals surface area contributed by atoms with E-state index < -0.39 is 0 Å². The molecule has 4 nitrogen and oxygen atoms in total. The van der Waals surface area contributed by atoms with Crippen LogP contribution < -0.4 is 5.32 Å². The SMILES string of the molecule is COCCCNCc1nc2ccccc2n1Cc1ccccc1. The molecule has 0 radical (unpaired) electrons. The molecule has 0 amide bonds. The number of nitrogens with one attached hydrogen (secondary N) is 1. The minimum absolute atomic E-state index is 0.769. The number of rotatable bonds is 8. The normalized spacial score (nSPS) is 11.2. The van der Waals surface area contributed by atoms with E-state index in [1.165, 1.54) is 11.1 Å². The van der Waals surface area contributed by atoms with Gasteiger partial charge in [-0.25, -0.2) is 4.98 Å². The lowest BCUT2D eigenvalue weighted by atomic mass is 10.2. The number of benzene rings is 2. The third-order valence-electron chi connectivity index (χ3n) is 3.90.